The summed E-state index contributed by atoms with van der Waals surface area (Å²) in [5.41, 5.74) is 0. The van der Waals surface area contributed by atoms with Crippen LogP contribution in [0.2, 0.25) is 0 Å². The predicted octanol–water partition coefficient (Wildman–Crippen LogP) is 1.45. The monoisotopic (exact) mass is 323 g/mol. The molecule has 2 rings (SSSR count). The molecule has 2 unspecified atom stereocenters. The van der Waals surface area contributed by atoms with Crippen LogP contribution in [0.25, 0.3) is 0 Å². The highest BCUT2D eigenvalue weighted by Gasteiger charge is 2.38. The molecule has 0 bridgehead atoms. The normalized spacial score (nSPS) is 18.0. The lowest BCUT2D eigenvalue weighted by molar-refractivity contribution is -0.389. The number of carbonyl (C=O) groups excluding carboxylic acids is 2. The van der Waals surface area contributed by atoms with E-state index in [2.05, 4.69) is 4.98 Å². The molecule has 2 heterocycles. The Morgan fingerprint density at radius 1 is 1.57 bits per heavy atom. The lowest BCUT2D eigenvalue weighted by Gasteiger charge is -2.28. The first-order chi connectivity index (χ1) is 10.8. The number of esters is 1. The fourth-order valence-corrected chi connectivity index (χ4v) is 2.00. The topological polar surface area (TPSA) is 112 Å². The van der Waals surface area contributed by atoms with Gasteiger partial charge in [0.1, 0.15) is 6.54 Å². The van der Waals surface area contributed by atoms with Gasteiger partial charge < -0.3 is 19.6 Å². The van der Waals surface area contributed by atoms with Crippen LogP contribution in [-0.4, -0.2) is 40.5 Å². The smallest absolute Gasteiger partial charge is 0.366 e. The van der Waals surface area contributed by atoms with Crippen LogP contribution < -0.4 is 9.64 Å². The number of amides is 1. The van der Waals surface area contributed by atoms with E-state index in [9.17, 15) is 19.7 Å². The van der Waals surface area contributed by atoms with Crippen LogP contribution in [0.15, 0.2) is 12.1 Å². The highest BCUT2D eigenvalue weighted by atomic mass is 16.6. The summed E-state index contributed by atoms with van der Waals surface area (Å²) >= 11 is 0. The Labute approximate surface area is 132 Å². The summed E-state index contributed by atoms with van der Waals surface area (Å²) in [4.78, 5) is 39.2. The zero-order valence-corrected chi connectivity index (χ0v) is 13.0. The molecular formula is C14H17N3O6. The largest absolute Gasteiger partial charge is 0.475 e. The number of aromatic nitrogens is 1. The van der Waals surface area contributed by atoms with Gasteiger partial charge >= 0.3 is 11.8 Å². The molecule has 0 saturated carbocycles. The van der Waals surface area contributed by atoms with Crippen molar-refractivity contribution < 1.29 is 24.0 Å². The summed E-state index contributed by atoms with van der Waals surface area (Å²) in [7, 11) is 0. The first-order valence-electron chi connectivity index (χ1n) is 7.16. The van der Waals surface area contributed by atoms with Crippen molar-refractivity contribution >= 4 is 23.5 Å². The fourth-order valence-electron chi connectivity index (χ4n) is 2.00. The Morgan fingerprint density at radius 3 is 2.87 bits per heavy atom. The molecule has 1 aromatic rings. The number of pyridine rings is 1. The molecule has 9 nitrogen and oxygen atoms in total. The average molecular weight is 323 g/mol. The maximum Gasteiger partial charge on any atom is 0.366 e. The average Bonchev–Trinajstić information content (AvgIpc) is 2.51. The number of hydrogen-bond acceptors (Lipinski definition) is 7. The van der Waals surface area contributed by atoms with Gasteiger partial charge in [0, 0.05) is 6.07 Å². The predicted molar refractivity (Wildman–Crippen MR) is 79.2 cm³/mol. The van der Waals surface area contributed by atoms with Crippen LogP contribution in [0.5, 0.6) is 5.75 Å². The lowest BCUT2D eigenvalue weighted by Crippen LogP contribution is -2.47. The molecule has 0 aromatic carbocycles. The lowest BCUT2D eigenvalue weighted by atomic mass is 10.2. The van der Waals surface area contributed by atoms with E-state index in [1.54, 1.807) is 6.92 Å². The Kier molecular flexibility index (Phi) is 4.77. The maximum absolute atomic E-state index is 12.2. The van der Waals surface area contributed by atoms with E-state index in [0.717, 1.165) is 4.90 Å². The zero-order valence-electron chi connectivity index (χ0n) is 13.0. The minimum absolute atomic E-state index is 0.0524. The molecule has 0 aliphatic carbocycles. The van der Waals surface area contributed by atoms with E-state index < -0.39 is 28.7 Å². The van der Waals surface area contributed by atoms with Crippen molar-refractivity contribution in [3.8, 4) is 5.75 Å². The standard InChI is InChI=1S/C14H17N3O6/c1-4-8(2)22-12(18)7-16-13-10(23-9(3)14(16)19)5-6-11(15-13)17(20)21/h5-6,8-9H,4,7H2,1-3H3. The second-order valence-electron chi connectivity index (χ2n) is 5.14. The number of rotatable bonds is 5. The molecule has 2 atom stereocenters. The van der Waals surface area contributed by atoms with Crippen LogP contribution in [-0.2, 0) is 14.3 Å². The molecule has 1 aliphatic heterocycles. The van der Waals surface area contributed by atoms with Crippen LogP contribution in [0.3, 0.4) is 0 Å². The van der Waals surface area contributed by atoms with Crippen LogP contribution in [0, 0.1) is 10.1 Å². The van der Waals surface area contributed by atoms with E-state index >= 15 is 0 Å². The van der Waals surface area contributed by atoms with Crippen molar-refractivity contribution in [2.24, 2.45) is 0 Å². The van der Waals surface area contributed by atoms with Crippen molar-refractivity contribution in [2.75, 3.05) is 11.4 Å². The number of anilines is 1. The highest BCUT2D eigenvalue weighted by Crippen LogP contribution is 2.33. The molecule has 1 aliphatic rings. The summed E-state index contributed by atoms with van der Waals surface area (Å²) in [5.74, 6) is -1.40. The third-order valence-electron chi connectivity index (χ3n) is 3.38. The highest BCUT2D eigenvalue weighted by molar-refractivity contribution is 6.02. The van der Waals surface area contributed by atoms with E-state index in [0.29, 0.717) is 6.42 Å². The van der Waals surface area contributed by atoms with Gasteiger partial charge in [0.25, 0.3) is 11.7 Å². The molecule has 0 radical (unpaired) electrons. The summed E-state index contributed by atoms with van der Waals surface area (Å²) in [5, 5.41) is 10.9. The molecule has 0 N–H and O–H groups in total. The van der Waals surface area contributed by atoms with E-state index in [-0.39, 0.29) is 24.2 Å². The zero-order chi connectivity index (χ0) is 17.1. The maximum atomic E-state index is 12.2. The van der Waals surface area contributed by atoms with Gasteiger partial charge in [0.05, 0.1) is 6.10 Å². The van der Waals surface area contributed by atoms with Crippen molar-refractivity contribution in [1.82, 2.24) is 4.98 Å². The van der Waals surface area contributed by atoms with Gasteiger partial charge in [0.2, 0.25) is 0 Å². The fraction of sp³-hybridized carbons (Fsp3) is 0.500. The molecule has 0 saturated heterocycles. The SMILES string of the molecule is CCC(C)OC(=O)CN1C(=O)C(C)Oc2ccc([N+](=O)[O-])nc21. The second kappa shape index (κ2) is 6.59. The van der Waals surface area contributed by atoms with Gasteiger partial charge in [-0.15, -0.1) is 0 Å². The summed E-state index contributed by atoms with van der Waals surface area (Å²) in [6, 6.07) is 2.54. The number of hydrogen-bond donors (Lipinski definition) is 0. The van der Waals surface area contributed by atoms with Gasteiger partial charge in [-0.25, -0.2) is 0 Å². The van der Waals surface area contributed by atoms with Crippen molar-refractivity contribution in [3.63, 3.8) is 0 Å². The molecule has 1 aromatic heterocycles. The van der Waals surface area contributed by atoms with Crippen molar-refractivity contribution in [1.29, 1.82) is 0 Å². The van der Waals surface area contributed by atoms with E-state index in [1.807, 2.05) is 6.92 Å². The van der Waals surface area contributed by atoms with Crippen molar-refractivity contribution in [3.05, 3.63) is 22.2 Å². The van der Waals surface area contributed by atoms with Crippen LogP contribution in [0.4, 0.5) is 11.6 Å². The Bertz CT molecular complexity index is 647. The number of nitro groups is 1. The molecule has 9 heteroatoms. The third kappa shape index (κ3) is 3.55. The van der Waals surface area contributed by atoms with Gasteiger partial charge in [-0.3, -0.25) is 14.5 Å². The Morgan fingerprint density at radius 2 is 2.26 bits per heavy atom. The van der Waals surface area contributed by atoms with E-state index in [4.69, 9.17) is 9.47 Å². The second-order valence-corrected chi connectivity index (χ2v) is 5.14. The third-order valence-corrected chi connectivity index (χ3v) is 3.38. The molecular weight excluding hydrogens is 306 g/mol. The number of nitrogens with zero attached hydrogens (tertiary/aromatic N) is 3. The minimum atomic E-state index is -0.817. The molecule has 0 spiro atoms. The quantitative estimate of drug-likeness (QED) is 0.458. The van der Waals surface area contributed by atoms with Gasteiger partial charge in [0.15, 0.2) is 11.9 Å². The molecule has 23 heavy (non-hydrogen) atoms. The first kappa shape index (κ1) is 16.7. The number of fused-ring (bicyclic) bond motifs is 1. The van der Waals surface area contributed by atoms with Gasteiger partial charge in [-0.1, -0.05) is 6.92 Å². The molecule has 124 valence electrons. The van der Waals surface area contributed by atoms with Gasteiger partial charge in [-0.05, 0) is 36.2 Å². The summed E-state index contributed by atoms with van der Waals surface area (Å²) < 4.78 is 10.5. The van der Waals surface area contributed by atoms with Crippen molar-refractivity contribution in [2.45, 2.75) is 39.4 Å². The minimum Gasteiger partial charge on any atom is -0.475 e. The Hall–Kier alpha value is -2.71. The number of carbonyl (C=O) groups is 2. The van der Waals surface area contributed by atoms with Crippen LogP contribution in [0.1, 0.15) is 27.2 Å². The van der Waals surface area contributed by atoms with Crippen LogP contribution >= 0.6 is 0 Å². The molecule has 1 amide bonds. The van der Waals surface area contributed by atoms with E-state index in [1.165, 1.54) is 19.1 Å². The summed E-state index contributed by atoms with van der Waals surface area (Å²) in [6.45, 7) is 4.75. The molecule has 0 fully saturated rings. The summed E-state index contributed by atoms with van der Waals surface area (Å²) in [6.07, 6.45) is -0.463. The Balaban J connectivity index is 2.31. The number of ether oxygens (including phenoxy) is 2. The first-order valence-corrected chi connectivity index (χ1v) is 7.16. The van der Waals surface area contributed by atoms with Gasteiger partial charge in [-0.2, -0.15) is 0 Å².